The Hall–Kier alpha value is -10.2. The topological polar surface area (TPSA) is 333 Å². The first kappa shape index (κ1) is 82.5. The van der Waals surface area contributed by atoms with Gasteiger partial charge in [0.15, 0.2) is 0 Å². The first-order chi connectivity index (χ1) is 48.8. The van der Waals surface area contributed by atoms with Crippen LogP contribution in [0, 0.1) is 35.5 Å². The van der Waals surface area contributed by atoms with Gasteiger partial charge in [-0.05, 0) is 104 Å². The summed E-state index contributed by atoms with van der Waals surface area (Å²) in [5.74, 6) is -6.87. The molecule has 23 heteroatoms. The molecule has 1 saturated heterocycles. The van der Waals surface area contributed by atoms with Gasteiger partial charge in [0.25, 0.3) is 0 Å². The number of carboxylic acids is 1. The number of halogens is 1. The Balaban J connectivity index is 0.000000256. The van der Waals surface area contributed by atoms with Crippen molar-refractivity contribution in [2.24, 2.45) is 41.2 Å². The molecule has 6 aromatic carbocycles. The summed E-state index contributed by atoms with van der Waals surface area (Å²) in [6.07, 6.45) is 7.02. The van der Waals surface area contributed by atoms with E-state index in [0.29, 0.717) is 64.2 Å². The molecule has 0 aromatic heterocycles. The Morgan fingerprint density at radius 3 is 1.17 bits per heavy atom. The number of aliphatic carboxylic acids is 1. The molecule has 2 saturated carbocycles. The van der Waals surface area contributed by atoms with Crippen molar-refractivity contribution < 1.29 is 86.3 Å². The maximum absolute atomic E-state index is 13.2. The zero-order chi connectivity index (χ0) is 72.7. The maximum atomic E-state index is 13.2. The second kappa shape index (κ2) is 45.5. The number of nitrogens with two attached hydrogens (primary N) is 1. The molecule has 3 amide bonds. The van der Waals surface area contributed by atoms with Crippen molar-refractivity contribution in [2.45, 2.75) is 141 Å². The summed E-state index contributed by atoms with van der Waals surface area (Å²) in [5, 5.41) is 17.4. The smallest absolute Gasteiger partial charge is 0.328 e. The van der Waals surface area contributed by atoms with E-state index in [9.17, 15) is 62.6 Å². The van der Waals surface area contributed by atoms with Gasteiger partial charge in [-0.2, -0.15) is 0 Å². The lowest BCUT2D eigenvalue weighted by Crippen LogP contribution is -2.46. The van der Waals surface area contributed by atoms with Crippen molar-refractivity contribution in [1.82, 2.24) is 16.0 Å². The second-order valence-corrected chi connectivity index (χ2v) is 25.1. The molecular formula is C79H93ClN4O18. The summed E-state index contributed by atoms with van der Waals surface area (Å²) < 4.78 is 25.2. The van der Waals surface area contributed by atoms with Gasteiger partial charge in [-0.15, -0.1) is 12.4 Å². The van der Waals surface area contributed by atoms with E-state index in [0.717, 1.165) is 59.1 Å². The predicted octanol–water partition coefficient (Wildman–Crippen LogP) is 9.32. The molecule has 22 nitrogen and oxygen atoms in total. The van der Waals surface area contributed by atoms with E-state index in [1.54, 1.807) is 0 Å². The van der Waals surface area contributed by atoms with Gasteiger partial charge in [-0.25, -0.2) is 4.79 Å². The molecule has 0 unspecified atom stereocenters. The highest BCUT2D eigenvalue weighted by molar-refractivity contribution is 5.90. The van der Waals surface area contributed by atoms with Crippen molar-refractivity contribution >= 4 is 83.8 Å². The average Bonchev–Trinajstić information content (AvgIpc) is 1.64. The number of hydrogen-bond acceptors (Lipinski definition) is 18. The standard InChI is InChI=1S/C27H31NO6.C26H29NO5.C18H18O4.C8H14N2O3.ClH/c1-33-27(32)23(16-21-13-8-14-24(21)29)28-26(31)22(15-19-9-4-2-5-10-19)17-25(30)34-18-20-11-6-3-7-12-20;28-17-23(15-21-12-7-13-24(21)29)27-26(31)22(14-19-8-3-1-4-9-19)16-25(30)32-18-20-10-5-2-6-11-20;19-17(22-13-15-9-5-2-6-10-15)12-16(18(20)21)11-14-7-3-1-4-8-14;1-13-8(12)6(9)4-5-2-3-10-7(5)11;/h2-7,9-12,21-23H,8,13-18H2,1H3,(H,28,31);1-6,8-11,17,21-23H,7,12-16,18H2,(H,27,31);1-10,16H,11-13H2,(H,20,21);5-6H,2-4,9H2,1H3,(H,10,11);1H/t2*21-,22+,23-;16-;5-,6-;/m0010./s1. The van der Waals surface area contributed by atoms with Crippen LogP contribution in [0.1, 0.15) is 117 Å². The van der Waals surface area contributed by atoms with Crippen molar-refractivity contribution in [3.63, 3.8) is 0 Å². The SMILES string of the molecule is COC(=O)[C@@H](N)C[C@@H]1CCNC1=O.COC(=O)[C@H](C[C@@H]1CCCC1=O)NC(=O)[C@@H](CC(=O)OCc1ccccc1)Cc1ccccc1.Cl.O=C(C[C@@H](Cc1ccccc1)C(=O)O)OCc1ccccc1.O=C[C@H](C[C@@H]1CCCC1=O)NC(=O)[C@@H](CC(=O)OCc1ccccc1)Cc1ccccc1. The normalized spacial score (nSPS) is 16.7. The minimum Gasteiger partial charge on any atom is -0.481 e. The molecule has 544 valence electrons. The van der Waals surface area contributed by atoms with Crippen LogP contribution < -0.4 is 21.7 Å². The van der Waals surface area contributed by atoms with Gasteiger partial charge in [-0.1, -0.05) is 182 Å². The first-order valence-electron chi connectivity index (χ1n) is 34.0. The van der Waals surface area contributed by atoms with Gasteiger partial charge in [0, 0.05) is 37.1 Å². The Morgan fingerprint density at radius 2 is 0.833 bits per heavy atom. The van der Waals surface area contributed by atoms with Crippen LogP contribution in [0.25, 0.3) is 0 Å². The summed E-state index contributed by atoms with van der Waals surface area (Å²) in [4.78, 5) is 144. The molecule has 9 rings (SSSR count). The highest BCUT2D eigenvalue weighted by atomic mass is 35.5. The number of aldehydes is 1. The van der Waals surface area contributed by atoms with Gasteiger partial charge >= 0.3 is 35.8 Å². The number of benzene rings is 6. The molecule has 0 bridgehead atoms. The Bertz CT molecular complexity index is 3610. The van der Waals surface area contributed by atoms with Crippen LogP contribution in [0.3, 0.4) is 0 Å². The molecule has 2 aliphatic carbocycles. The number of esters is 5. The molecule has 6 N–H and O–H groups in total. The van der Waals surface area contributed by atoms with E-state index in [-0.39, 0.29) is 99.0 Å². The van der Waals surface area contributed by atoms with Crippen molar-refractivity contribution in [2.75, 3.05) is 20.8 Å². The lowest BCUT2D eigenvalue weighted by atomic mass is 9.93. The van der Waals surface area contributed by atoms with Crippen LogP contribution in [-0.4, -0.2) is 115 Å². The van der Waals surface area contributed by atoms with Crippen molar-refractivity contribution in [1.29, 1.82) is 0 Å². The predicted molar refractivity (Wildman–Crippen MR) is 380 cm³/mol. The van der Waals surface area contributed by atoms with Crippen LogP contribution in [-0.2, 0) is 120 Å². The van der Waals surface area contributed by atoms with Crippen LogP contribution in [0.5, 0.6) is 0 Å². The van der Waals surface area contributed by atoms with Crippen molar-refractivity contribution in [3.8, 4) is 0 Å². The Kier molecular flexibility index (Phi) is 36.8. The number of ether oxygens (including phenoxy) is 5. The maximum Gasteiger partial charge on any atom is 0.328 e. The quantitative estimate of drug-likeness (QED) is 0.0149. The largest absolute Gasteiger partial charge is 0.481 e. The van der Waals surface area contributed by atoms with Gasteiger partial charge in [-0.3, -0.25) is 47.9 Å². The molecule has 3 aliphatic rings. The number of carboxylic acid groups (broad SMARTS) is 1. The fourth-order valence-electron chi connectivity index (χ4n) is 11.8. The number of amides is 3. The summed E-state index contributed by atoms with van der Waals surface area (Å²) in [5.41, 5.74) is 10.8. The zero-order valence-electron chi connectivity index (χ0n) is 57.6. The fraction of sp³-hybridized carbons (Fsp3) is 0.392. The Labute approximate surface area is 601 Å². The average molecular weight is 1420 g/mol. The first-order valence-corrected chi connectivity index (χ1v) is 34.0. The number of Topliss-reactive ketones (excluding diaryl/α,β-unsaturated/α-hetero) is 2. The lowest BCUT2D eigenvalue weighted by molar-refractivity contribution is -0.152. The van der Waals surface area contributed by atoms with Crippen LogP contribution in [0.4, 0.5) is 0 Å². The second-order valence-electron chi connectivity index (χ2n) is 25.1. The van der Waals surface area contributed by atoms with Gasteiger partial charge in [0.1, 0.15) is 49.8 Å². The molecule has 0 radical (unpaired) electrons. The minimum absolute atomic E-state index is 0. The van der Waals surface area contributed by atoms with Gasteiger partial charge in [0.05, 0.1) is 57.3 Å². The van der Waals surface area contributed by atoms with Gasteiger partial charge < -0.3 is 55.3 Å². The summed E-state index contributed by atoms with van der Waals surface area (Å²) >= 11 is 0. The Morgan fingerprint density at radius 1 is 0.480 bits per heavy atom. The third-order valence-corrected chi connectivity index (χ3v) is 17.5. The third kappa shape index (κ3) is 30.3. The zero-order valence-corrected chi connectivity index (χ0v) is 58.4. The highest BCUT2D eigenvalue weighted by Crippen LogP contribution is 2.28. The molecular weight excluding hydrogens is 1330 g/mol. The van der Waals surface area contributed by atoms with E-state index in [2.05, 4.69) is 20.7 Å². The summed E-state index contributed by atoms with van der Waals surface area (Å²) in [6.45, 7) is 1.10. The number of methoxy groups -OCH3 is 2. The van der Waals surface area contributed by atoms with E-state index in [1.165, 1.54) is 14.2 Å². The third-order valence-electron chi connectivity index (χ3n) is 17.5. The molecule has 1 heterocycles. The van der Waals surface area contributed by atoms with E-state index < -0.39 is 77.6 Å². The summed E-state index contributed by atoms with van der Waals surface area (Å²) in [6, 6.07) is 53.6. The lowest BCUT2D eigenvalue weighted by Gasteiger charge is -2.23. The van der Waals surface area contributed by atoms with E-state index in [1.807, 2.05) is 182 Å². The van der Waals surface area contributed by atoms with Crippen LogP contribution >= 0.6 is 12.4 Å². The molecule has 6 aromatic rings. The van der Waals surface area contributed by atoms with Crippen LogP contribution in [0.15, 0.2) is 182 Å². The van der Waals surface area contributed by atoms with Crippen molar-refractivity contribution in [3.05, 3.63) is 215 Å². The summed E-state index contributed by atoms with van der Waals surface area (Å²) in [7, 11) is 2.54. The molecule has 3 fully saturated rings. The fourth-order valence-corrected chi connectivity index (χ4v) is 11.8. The highest BCUT2D eigenvalue weighted by Gasteiger charge is 2.35. The number of nitrogens with one attached hydrogen (secondary N) is 3. The van der Waals surface area contributed by atoms with E-state index >= 15 is 0 Å². The van der Waals surface area contributed by atoms with E-state index in [4.69, 9.17) is 24.7 Å². The molecule has 102 heavy (non-hydrogen) atoms. The molecule has 1 aliphatic heterocycles. The van der Waals surface area contributed by atoms with Crippen LogP contribution in [0.2, 0.25) is 0 Å². The molecule has 0 spiro atoms. The number of ketones is 2. The monoisotopic (exact) mass is 1420 g/mol. The number of hydrogen-bond donors (Lipinski definition) is 5. The number of carbonyl (C=O) groups excluding carboxylic acids is 11. The minimum atomic E-state index is -0.986. The number of carbonyl (C=O) groups is 12. The number of rotatable bonds is 32. The van der Waals surface area contributed by atoms with Gasteiger partial charge in [0.2, 0.25) is 17.7 Å². The molecule has 9 atom stereocenters.